The minimum atomic E-state index is -4.94. The quantitative estimate of drug-likeness (QED) is 0.342. The van der Waals surface area contributed by atoms with Crippen LogP contribution in [0.15, 0.2) is 0 Å². The number of hydrogen-bond donors (Lipinski definition) is 3. The van der Waals surface area contributed by atoms with E-state index in [4.69, 9.17) is 14.7 Å². The van der Waals surface area contributed by atoms with Gasteiger partial charge >= 0.3 is 104 Å². The van der Waals surface area contributed by atoms with Crippen molar-refractivity contribution in [1.29, 1.82) is 0 Å². The van der Waals surface area contributed by atoms with Crippen LogP contribution in [0.2, 0.25) is 0 Å². The molecule has 13 heavy (non-hydrogen) atoms. The molecule has 0 spiro atoms. The van der Waals surface area contributed by atoms with Gasteiger partial charge in [-0.1, -0.05) is 0 Å². The van der Waals surface area contributed by atoms with Gasteiger partial charge in [-0.2, -0.15) is 4.31 Å². The van der Waals surface area contributed by atoms with E-state index in [1.807, 2.05) is 0 Å². The van der Waals surface area contributed by atoms with E-state index in [9.17, 15) is 9.13 Å². The maximum Gasteiger partial charge on any atom is 1.00 e. The summed E-state index contributed by atoms with van der Waals surface area (Å²) in [5.41, 5.74) is 0. The molecule has 68 valence electrons. The van der Waals surface area contributed by atoms with Crippen LogP contribution >= 0.6 is 15.6 Å². The molecule has 0 aliphatic rings. The van der Waals surface area contributed by atoms with E-state index in [0.717, 1.165) is 7.11 Å². The van der Waals surface area contributed by atoms with Crippen molar-refractivity contribution in [2.75, 3.05) is 7.11 Å². The van der Waals surface area contributed by atoms with Crippen molar-refractivity contribution in [3.05, 3.63) is 0 Å². The third-order valence-electron chi connectivity index (χ3n) is 0.440. The zero-order valence-corrected chi connectivity index (χ0v) is 15.7. The topological polar surface area (TPSA) is 113 Å². The molecular weight excluding hydrogens is 255 g/mol. The van der Waals surface area contributed by atoms with Crippen molar-refractivity contribution in [3.8, 4) is 0 Å². The monoisotopic (exact) mass is 264 g/mol. The predicted molar refractivity (Wildman–Crippen MR) is 33.3 cm³/mol. The molecule has 1 atom stereocenters. The molecule has 0 heterocycles. The van der Waals surface area contributed by atoms with Crippen LogP contribution in [0.4, 0.5) is 0 Å². The predicted octanol–water partition coefficient (Wildman–Crippen LogP) is -8.81. The molecule has 0 amide bonds. The molecule has 7 nitrogen and oxygen atoms in total. The van der Waals surface area contributed by atoms with Gasteiger partial charge in [0.15, 0.2) is 0 Å². The van der Waals surface area contributed by atoms with Gasteiger partial charge in [-0.05, 0) is 0 Å². The van der Waals surface area contributed by atoms with Crippen LogP contribution in [-0.4, -0.2) is 21.8 Å². The van der Waals surface area contributed by atoms with E-state index in [-0.39, 0.29) is 93.0 Å². The molecule has 0 aromatic heterocycles. The van der Waals surface area contributed by atoms with E-state index in [2.05, 4.69) is 8.83 Å². The molecule has 3 N–H and O–H groups in total. The van der Waals surface area contributed by atoms with Crippen molar-refractivity contribution in [3.63, 3.8) is 0 Å². The van der Waals surface area contributed by atoms with Gasteiger partial charge in [-0.3, -0.25) is 4.52 Å². The van der Waals surface area contributed by atoms with Crippen LogP contribution < -0.4 is 88.7 Å². The summed E-state index contributed by atoms with van der Waals surface area (Å²) in [5.74, 6) is 0. The fraction of sp³-hybridized carbons (Fsp3) is 1.00. The fourth-order valence-electron chi connectivity index (χ4n) is 0.168. The first-order chi connectivity index (χ1) is 4.27. The van der Waals surface area contributed by atoms with Gasteiger partial charge < -0.3 is 19.0 Å². The SMILES string of the molecule is COP(=O)(O)OP(=O)(O)O.[H-].[H-].[H-].[Na+].[Na+].[Na+]. The molecular formula is CH9Na3O7P2. The molecule has 0 aromatic carbocycles. The smallest absolute Gasteiger partial charge is 1.00 e. The average molecular weight is 264 g/mol. The van der Waals surface area contributed by atoms with E-state index in [1.54, 1.807) is 0 Å². The second-order valence-electron chi connectivity index (χ2n) is 1.22. The van der Waals surface area contributed by atoms with Gasteiger partial charge in [-0.15, -0.1) is 0 Å². The Labute approximate surface area is 146 Å². The Balaban J connectivity index is -0.0000000270. The Morgan fingerprint density at radius 1 is 1.08 bits per heavy atom. The van der Waals surface area contributed by atoms with Gasteiger partial charge in [-0.25, -0.2) is 9.13 Å². The van der Waals surface area contributed by atoms with Crippen molar-refractivity contribution >= 4 is 15.6 Å². The van der Waals surface area contributed by atoms with Crippen LogP contribution in [0.25, 0.3) is 0 Å². The summed E-state index contributed by atoms with van der Waals surface area (Å²) >= 11 is 0. The third kappa shape index (κ3) is 17.9. The Bertz CT molecular complexity index is 211. The normalized spacial score (nSPS) is 14.2. The second-order valence-corrected chi connectivity index (χ2v) is 4.16. The Kier molecular flexibility index (Phi) is 20.2. The summed E-state index contributed by atoms with van der Waals surface area (Å²) < 4.78 is 27.1. The van der Waals surface area contributed by atoms with Gasteiger partial charge in [0.2, 0.25) is 0 Å². The molecule has 1 unspecified atom stereocenters. The molecule has 0 bridgehead atoms. The molecule has 0 rings (SSSR count). The standard InChI is InChI=1S/CH6O7P2.3Na.3H/c1-7-10(5,6)8-9(2,3)4;;;;;;/h1H3,(H,5,6)(H2,2,3,4);;;;;;/q;3*+1;3*-1. The second kappa shape index (κ2) is 10.4. The van der Waals surface area contributed by atoms with Crippen LogP contribution in [0.3, 0.4) is 0 Å². The van der Waals surface area contributed by atoms with E-state index >= 15 is 0 Å². The summed E-state index contributed by atoms with van der Waals surface area (Å²) in [6, 6.07) is 0. The summed E-state index contributed by atoms with van der Waals surface area (Å²) in [4.78, 5) is 24.2. The molecule has 0 aromatic rings. The molecule has 12 heteroatoms. The number of phosphoric ester groups is 1. The first-order valence-electron chi connectivity index (χ1n) is 1.92. The molecule has 0 aliphatic carbocycles. The first kappa shape index (κ1) is 25.2. The van der Waals surface area contributed by atoms with Crippen LogP contribution in [0.1, 0.15) is 4.28 Å². The third-order valence-corrected chi connectivity index (χ3v) is 2.58. The molecule has 0 saturated carbocycles. The van der Waals surface area contributed by atoms with Crippen LogP contribution in [-0.2, 0) is 18.0 Å². The fourth-order valence-corrected chi connectivity index (χ4v) is 1.51. The number of rotatable bonds is 3. The maximum absolute atomic E-state index is 10.2. The zero-order chi connectivity index (χ0) is 8.41. The van der Waals surface area contributed by atoms with Crippen molar-refractivity contribution in [2.45, 2.75) is 0 Å². The van der Waals surface area contributed by atoms with Gasteiger partial charge in [0.25, 0.3) is 0 Å². The molecule has 0 saturated heterocycles. The summed E-state index contributed by atoms with van der Waals surface area (Å²) in [5, 5.41) is 0. The Morgan fingerprint density at radius 2 is 1.38 bits per heavy atom. The van der Waals surface area contributed by atoms with E-state index in [0.29, 0.717) is 0 Å². The van der Waals surface area contributed by atoms with Crippen LogP contribution in [0, 0.1) is 0 Å². The van der Waals surface area contributed by atoms with Gasteiger partial charge in [0.1, 0.15) is 0 Å². The van der Waals surface area contributed by atoms with Gasteiger partial charge in [0.05, 0.1) is 0 Å². The maximum atomic E-state index is 10.2. The molecule has 0 aliphatic heterocycles. The number of hydrogen-bond acceptors (Lipinski definition) is 4. The minimum Gasteiger partial charge on any atom is -1.00 e. The zero-order valence-electron chi connectivity index (χ0n) is 10.9. The van der Waals surface area contributed by atoms with Crippen molar-refractivity contribution < 1.29 is 126 Å². The summed E-state index contributed by atoms with van der Waals surface area (Å²) in [7, 11) is -8.71. The van der Waals surface area contributed by atoms with Crippen molar-refractivity contribution in [2.24, 2.45) is 0 Å². The van der Waals surface area contributed by atoms with Crippen molar-refractivity contribution in [1.82, 2.24) is 0 Å². The average Bonchev–Trinajstić information content (AvgIpc) is 1.60. The largest absolute Gasteiger partial charge is 1.00 e. The summed E-state index contributed by atoms with van der Waals surface area (Å²) in [6.45, 7) is 0. The van der Waals surface area contributed by atoms with Crippen LogP contribution in [0.5, 0.6) is 0 Å². The first-order valence-corrected chi connectivity index (χ1v) is 4.95. The van der Waals surface area contributed by atoms with Gasteiger partial charge in [0, 0.05) is 7.11 Å². The number of phosphoric acid groups is 2. The summed E-state index contributed by atoms with van der Waals surface area (Å²) in [6.07, 6.45) is 0. The molecule has 0 fully saturated rings. The van der Waals surface area contributed by atoms with E-state index in [1.165, 1.54) is 0 Å². The Morgan fingerprint density at radius 3 is 1.46 bits per heavy atom. The van der Waals surface area contributed by atoms with E-state index < -0.39 is 15.6 Å². The molecule has 0 radical (unpaired) electrons. The Hall–Kier alpha value is 3.26. The minimum absolute atomic E-state index is 0.